The van der Waals surface area contributed by atoms with Crippen LogP contribution in [0.15, 0.2) is 31.0 Å². The Hall–Kier alpha value is -7.02. The molecule has 2 aliphatic heterocycles. The molecule has 3 N–H and O–H groups in total. The summed E-state index contributed by atoms with van der Waals surface area (Å²) in [5, 5.41) is 32.8. The van der Waals surface area contributed by atoms with Gasteiger partial charge in [-0.15, -0.1) is 11.5 Å². The number of aromatic nitrogens is 9. The summed E-state index contributed by atoms with van der Waals surface area (Å²) >= 11 is 0. The van der Waals surface area contributed by atoms with Gasteiger partial charge >= 0.3 is 0 Å². The molecule has 7 heterocycles. The zero-order chi connectivity index (χ0) is 50.5. The van der Waals surface area contributed by atoms with E-state index in [4.69, 9.17) is 26.7 Å². The van der Waals surface area contributed by atoms with Gasteiger partial charge in [0.15, 0.2) is 11.3 Å². The minimum Gasteiger partial charge on any atom is -0.361 e. The highest BCUT2D eigenvalue weighted by atomic mass is 28.3. The molecule has 0 radical (unpaired) electrons. The Bertz CT molecular complexity index is 2930. The average molecular weight is 994 g/mol. The molecular formula is C51H63N15O5Si. The van der Waals surface area contributed by atoms with Crippen molar-refractivity contribution in [1.29, 1.82) is 10.5 Å². The molecule has 5 fully saturated rings. The highest BCUT2D eigenvalue weighted by Crippen LogP contribution is 2.36. The van der Waals surface area contributed by atoms with Gasteiger partial charge in [-0.3, -0.25) is 19.2 Å². The standard InChI is InChI=1S/C26H34N6O3Si.C25H29N9O2/c1-5-20-15-28-24-23(29-20)21(16-32(24)17-35-12-13-36(2,3)4)25(33)30-22(19-6-7-19)26(34)31-10-8-18(14-27)9-11-31;26-11-15-7-9-33(10-8-15)25(36)21(16-5-6-16)30-24(35)18-12-27-23-22(18)29-19(13-28-23)20-14-34(32-31-20)17-3-1-2-4-17/h1,15-16,18-19,22H,6-13,17H2,2-4H3,(H,30,33);12-17,21H,1-10H2,(H,27,28)(H,30,35)/t22-;21-/m11/s1. The van der Waals surface area contributed by atoms with E-state index in [2.05, 4.69) is 78.6 Å². The average Bonchev–Trinajstić information content (AvgIpc) is 4.18. The molecule has 0 unspecified atom stereocenters. The molecule has 3 saturated carbocycles. The molecule has 20 nitrogen and oxygen atoms in total. The van der Waals surface area contributed by atoms with Crippen LogP contribution in [0.5, 0.6) is 0 Å². The van der Waals surface area contributed by atoms with Crippen LogP contribution in [-0.2, 0) is 21.1 Å². The van der Waals surface area contributed by atoms with Crippen LogP contribution in [0, 0.1) is 58.7 Å². The third-order valence-corrected chi connectivity index (χ3v) is 16.3. The number of amides is 4. The van der Waals surface area contributed by atoms with Gasteiger partial charge in [-0.05, 0) is 88.0 Å². The van der Waals surface area contributed by atoms with Crippen LogP contribution in [-0.4, -0.2) is 131 Å². The first-order valence-electron chi connectivity index (χ1n) is 25.5. The van der Waals surface area contributed by atoms with Crippen LogP contribution in [0.3, 0.4) is 0 Å². The lowest BCUT2D eigenvalue weighted by Gasteiger charge is -2.32. The molecule has 376 valence electrons. The number of terminal acetylenes is 1. The number of ether oxygens (including phenoxy) is 1. The van der Waals surface area contributed by atoms with E-state index >= 15 is 0 Å². The van der Waals surface area contributed by atoms with Crippen molar-refractivity contribution in [3.05, 3.63) is 47.8 Å². The van der Waals surface area contributed by atoms with Gasteiger partial charge in [-0.25, -0.2) is 24.6 Å². The SMILES string of the molecule is C#Cc1cnc2c(n1)c(C(=O)N[C@@H](C(=O)N1CCC(C#N)CC1)C1CC1)cn2COCC[Si](C)(C)C.N#CC1CCN(C(=O)[C@H](NC(=O)c2c[nH]c3ncc(-c4cn(C5CCCC5)nn4)nc23)C2CC2)CC1. The van der Waals surface area contributed by atoms with Gasteiger partial charge < -0.3 is 34.7 Å². The number of rotatable bonds is 15. The first-order valence-corrected chi connectivity index (χ1v) is 29.2. The van der Waals surface area contributed by atoms with Gasteiger partial charge in [0.1, 0.15) is 46.9 Å². The van der Waals surface area contributed by atoms with Gasteiger partial charge in [0, 0.05) is 65.1 Å². The van der Waals surface area contributed by atoms with Crippen molar-refractivity contribution < 1.29 is 23.9 Å². The van der Waals surface area contributed by atoms with Crippen molar-refractivity contribution in [2.45, 2.75) is 128 Å². The molecule has 2 atom stereocenters. The van der Waals surface area contributed by atoms with Crippen LogP contribution >= 0.6 is 0 Å². The second-order valence-corrected chi connectivity index (χ2v) is 26.8. The van der Waals surface area contributed by atoms with E-state index in [0.29, 0.717) is 115 Å². The number of fused-ring (bicyclic) bond motifs is 2. The second-order valence-electron chi connectivity index (χ2n) is 21.1. The summed E-state index contributed by atoms with van der Waals surface area (Å²) in [4.78, 5) is 78.0. The first kappa shape index (κ1) is 49.9. The van der Waals surface area contributed by atoms with Crippen LogP contribution in [0.25, 0.3) is 33.7 Å². The highest BCUT2D eigenvalue weighted by molar-refractivity contribution is 6.76. The monoisotopic (exact) mass is 993 g/mol. The van der Waals surface area contributed by atoms with E-state index in [9.17, 15) is 19.2 Å². The smallest absolute Gasteiger partial charge is 0.255 e. The molecule has 2 saturated heterocycles. The first-order chi connectivity index (χ1) is 34.8. The number of hydrogen-bond donors (Lipinski definition) is 3. The number of H-pyrrole nitrogens is 1. The summed E-state index contributed by atoms with van der Waals surface area (Å²) in [6, 6.07) is 4.83. The lowest BCUT2D eigenvalue weighted by Crippen LogP contribution is -2.51. The minimum atomic E-state index is -1.23. The summed E-state index contributed by atoms with van der Waals surface area (Å²) in [5.41, 5.74) is 4.04. The maximum absolute atomic E-state index is 13.5. The van der Waals surface area contributed by atoms with E-state index in [-0.39, 0.29) is 54.0 Å². The van der Waals surface area contributed by atoms with Gasteiger partial charge in [0.05, 0.1) is 47.9 Å². The largest absolute Gasteiger partial charge is 0.361 e. The number of carbonyl (C=O) groups excluding carboxylic acids is 4. The Morgan fingerprint density at radius 1 is 0.778 bits per heavy atom. The maximum atomic E-state index is 13.5. The molecule has 0 aromatic carbocycles. The summed E-state index contributed by atoms with van der Waals surface area (Å²) in [6.07, 6.45) is 24.8. The summed E-state index contributed by atoms with van der Waals surface area (Å²) in [7, 11) is -1.23. The van der Waals surface area contributed by atoms with Crippen molar-refractivity contribution >= 4 is 54.0 Å². The second kappa shape index (κ2) is 21.8. The number of nitrogens with zero attached hydrogens (tertiary/aromatic N) is 12. The minimum absolute atomic E-state index is 0.00164. The summed E-state index contributed by atoms with van der Waals surface area (Å²) in [6.45, 7) is 9.95. The molecule has 10 rings (SSSR count). The van der Waals surface area contributed by atoms with E-state index in [1.165, 1.54) is 19.0 Å². The molecule has 72 heavy (non-hydrogen) atoms. The van der Waals surface area contributed by atoms with Crippen molar-refractivity contribution in [2.24, 2.45) is 23.7 Å². The maximum Gasteiger partial charge on any atom is 0.255 e. The normalized spacial score (nSPS) is 18.7. The fourth-order valence-corrected chi connectivity index (χ4v) is 10.5. The number of likely N-dealkylation sites (tertiary alicyclic amines) is 2. The molecule has 5 aromatic heterocycles. The lowest BCUT2D eigenvalue weighted by molar-refractivity contribution is -0.135. The predicted octanol–water partition coefficient (Wildman–Crippen LogP) is 5.60. The quantitative estimate of drug-likeness (QED) is 0.0657. The Labute approximate surface area is 419 Å². The lowest BCUT2D eigenvalue weighted by atomic mass is 9.97. The van der Waals surface area contributed by atoms with E-state index in [1.54, 1.807) is 33.0 Å². The zero-order valence-corrected chi connectivity index (χ0v) is 42.3. The molecule has 5 aromatic rings. The number of nitrogens with one attached hydrogen (secondary N) is 3. The fraction of sp³-hybridized carbons (Fsp3) is 0.569. The zero-order valence-electron chi connectivity index (χ0n) is 41.3. The van der Waals surface area contributed by atoms with Crippen molar-refractivity contribution in [1.82, 2.24) is 64.9 Å². The van der Waals surface area contributed by atoms with Crippen LogP contribution < -0.4 is 10.6 Å². The molecule has 0 spiro atoms. The van der Waals surface area contributed by atoms with Gasteiger partial charge in [-0.1, -0.05) is 37.7 Å². The third kappa shape index (κ3) is 11.7. The van der Waals surface area contributed by atoms with Crippen molar-refractivity contribution in [2.75, 3.05) is 32.8 Å². The summed E-state index contributed by atoms with van der Waals surface area (Å²) in [5.74, 6) is 1.89. The molecule has 3 aliphatic carbocycles. The highest BCUT2D eigenvalue weighted by Gasteiger charge is 2.42. The van der Waals surface area contributed by atoms with Gasteiger partial charge in [-0.2, -0.15) is 10.5 Å². The van der Waals surface area contributed by atoms with E-state index in [1.807, 2.05) is 10.9 Å². The number of nitriles is 2. The van der Waals surface area contributed by atoms with E-state index in [0.717, 1.165) is 44.6 Å². The van der Waals surface area contributed by atoms with Gasteiger partial charge in [0.2, 0.25) is 11.8 Å². The number of carbonyl (C=O) groups is 4. The third-order valence-electron chi connectivity index (χ3n) is 14.6. The van der Waals surface area contributed by atoms with Gasteiger partial charge in [0.25, 0.3) is 11.8 Å². The number of aromatic amines is 1. The Morgan fingerprint density at radius 3 is 1.93 bits per heavy atom. The van der Waals surface area contributed by atoms with Crippen LogP contribution in [0.4, 0.5) is 0 Å². The fourth-order valence-electron chi connectivity index (χ4n) is 9.77. The van der Waals surface area contributed by atoms with Crippen molar-refractivity contribution in [3.8, 4) is 35.9 Å². The number of piperidine rings is 2. The molecular weight excluding hydrogens is 931 g/mol. The molecule has 21 heteroatoms. The van der Waals surface area contributed by atoms with Crippen LogP contribution in [0.1, 0.15) is 110 Å². The van der Waals surface area contributed by atoms with Crippen molar-refractivity contribution in [3.63, 3.8) is 0 Å². The Kier molecular flexibility index (Phi) is 15.1. The van der Waals surface area contributed by atoms with Crippen LogP contribution in [0.2, 0.25) is 25.7 Å². The Balaban J connectivity index is 0.000000178. The molecule has 5 aliphatic rings. The number of hydrogen-bond acceptors (Lipinski definition) is 13. The van der Waals surface area contributed by atoms with E-state index < -0.39 is 20.2 Å². The molecule has 4 amide bonds. The predicted molar refractivity (Wildman–Crippen MR) is 268 cm³/mol. The molecule has 0 bridgehead atoms. The topological polar surface area (TPSA) is 259 Å². The Morgan fingerprint density at radius 2 is 1.38 bits per heavy atom. The summed E-state index contributed by atoms with van der Waals surface area (Å²) < 4.78 is 9.57.